The van der Waals surface area contributed by atoms with Crippen molar-refractivity contribution in [2.24, 2.45) is 0 Å². The van der Waals surface area contributed by atoms with E-state index in [-0.39, 0.29) is 25.5 Å². The van der Waals surface area contributed by atoms with Gasteiger partial charge in [0.2, 0.25) is 0 Å². The number of carbonyl (C=O) groups is 1. The molecule has 0 spiro atoms. The van der Waals surface area contributed by atoms with Crippen LogP contribution >= 0.6 is 0 Å². The second-order valence-corrected chi connectivity index (χ2v) is 6.94. The van der Waals surface area contributed by atoms with E-state index in [1.165, 1.54) is 25.3 Å². The van der Waals surface area contributed by atoms with Crippen molar-refractivity contribution in [2.75, 3.05) is 25.6 Å². The van der Waals surface area contributed by atoms with E-state index >= 15 is 0 Å². The number of methoxy groups -OCH3 is 1. The van der Waals surface area contributed by atoms with Gasteiger partial charge in [-0.1, -0.05) is 18.2 Å². The number of anilines is 1. The molecule has 34 heavy (non-hydrogen) atoms. The zero-order chi connectivity index (χ0) is 24.6. The van der Waals surface area contributed by atoms with Crippen LogP contribution in [0.3, 0.4) is 0 Å². The van der Waals surface area contributed by atoms with Crippen LogP contribution in [0, 0.1) is 0 Å². The van der Waals surface area contributed by atoms with Gasteiger partial charge in [-0.25, -0.2) is 9.78 Å². The smallest absolute Gasteiger partial charge is 0.493 e. The molecule has 0 saturated heterocycles. The van der Waals surface area contributed by atoms with Crippen LogP contribution in [0.15, 0.2) is 60.8 Å². The third-order valence-electron chi connectivity index (χ3n) is 4.52. The summed E-state index contributed by atoms with van der Waals surface area (Å²) >= 11 is 0. The maximum atomic E-state index is 12.4. The molecule has 2 aromatic carbocycles. The molecule has 7 nitrogen and oxygen atoms in total. The van der Waals surface area contributed by atoms with Gasteiger partial charge in [0.15, 0.2) is 18.1 Å². The third kappa shape index (κ3) is 7.29. The first-order valence-electron chi connectivity index (χ1n) is 10.3. The van der Waals surface area contributed by atoms with Crippen molar-refractivity contribution in [2.45, 2.75) is 19.8 Å². The van der Waals surface area contributed by atoms with Crippen LogP contribution in [0.2, 0.25) is 0 Å². The Morgan fingerprint density at radius 1 is 1.03 bits per heavy atom. The number of halogens is 3. The van der Waals surface area contributed by atoms with E-state index in [0.29, 0.717) is 22.9 Å². The lowest BCUT2D eigenvalue weighted by molar-refractivity contribution is -0.274. The highest BCUT2D eigenvalue weighted by molar-refractivity contribution is 5.72. The minimum Gasteiger partial charge on any atom is -0.493 e. The average molecular weight is 476 g/mol. The van der Waals surface area contributed by atoms with E-state index in [0.717, 1.165) is 11.1 Å². The van der Waals surface area contributed by atoms with Gasteiger partial charge in [0, 0.05) is 18.3 Å². The molecule has 0 aliphatic carbocycles. The van der Waals surface area contributed by atoms with Crippen LogP contribution < -0.4 is 19.5 Å². The summed E-state index contributed by atoms with van der Waals surface area (Å²) < 4.78 is 56.8. The van der Waals surface area contributed by atoms with Crippen molar-refractivity contribution in [3.05, 3.63) is 66.4 Å². The molecular formula is C24H23F3N2O5. The van der Waals surface area contributed by atoms with Crippen LogP contribution in [0.4, 0.5) is 19.0 Å². The number of benzene rings is 2. The fourth-order valence-corrected chi connectivity index (χ4v) is 3.02. The van der Waals surface area contributed by atoms with Gasteiger partial charge in [-0.3, -0.25) is 0 Å². The summed E-state index contributed by atoms with van der Waals surface area (Å²) in [6.07, 6.45) is -3.09. The van der Waals surface area contributed by atoms with Gasteiger partial charge < -0.3 is 24.3 Å². The molecule has 0 atom stereocenters. The number of aromatic nitrogens is 1. The van der Waals surface area contributed by atoms with Crippen LogP contribution in [0.1, 0.15) is 12.5 Å². The predicted octanol–water partition coefficient (Wildman–Crippen LogP) is 5.21. The Bertz CT molecular complexity index is 1100. The lowest BCUT2D eigenvalue weighted by Gasteiger charge is -2.12. The van der Waals surface area contributed by atoms with Gasteiger partial charge >= 0.3 is 12.3 Å². The number of alkyl halides is 3. The molecule has 180 valence electrons. The van der Waals surface area contributed by atoms with Gasteiger partial charge in [-0.05, 0) is 54.4 Å². The maximum absolute atomic E-state index is 12.4. The molecule has 1 heterocycles. The highest BCUT2D eigenvalue weighted by Crippen LogP contribution is 2.32. The fraction of sp³-hybridized carbons (Fsp3) is 0.250. The minimum atomic E-state index is -4.74. The Kier molecular flexibility index (Phi) is 8.18. The standard InChI is InChI=1S/C24H23F3N2O5/c1-3-32-23(30)15-33-20-9-7-17(12-21(20)31-2)18-8-10-22(29-14-18)28-13-16-5-4-6-19(11-16)34-24(25,26)27/h4-12,14H,3,13,15H2,1-2H3,(H,28,29). The Morgan fingerprint density at radius 3 is 2.50 bits per heavy atom. The Labute approximate surface area is 194 Å². The van der Waals surface area contributed by atoms with E-state index in [2.05, 4.69) is 15.0 Å². The second-order valence-electron chi connectivity index (χ2n) is 6.94. The Balaban J connectivity index is 1.63. The second kappa shape index (κ2) is 11.3. The van der Waals surface area contributed by atoms with E-state index in [1.54, 1.807) is 43.5 Å². The fourth-order valence-electron chi connectivity index (χ4n) is 3.02. The van der Waals surface area contributed by atoms with Crippen molar-refractivity contribution in [1.29, 1.82) is 0 Å². The molecule has 0 amide bonds. The molecule has 10 heteroatoms. The van der Waals surface area contributed by atoms with Crippen LogP contribution in [0.5, 0.6) is 17.2 Å². The molecule has 0 radical (unpaired) electrons. The molecule has 0 bridgehead atoms. The lowest BCUT2D eigenvalue weighted by Crippen LogP contribution is -2.17. The molecule has 0 aliphatic heterocycles. The maximum Gasteiger partial charge on any atom is 0.573 e. The number of rotatable bonds is 10. The van der Waals surface area contributed by atoms with Gasteiger partial charge in [0.1, 0.15) is 11.6 Å². The van der Waals surface area contributed by atoms with E-state index in [1.807, 2.05) is 6.07 Å². The van der Waals surface area contributed by atoms with Gasteiger partial charge in [-0.15, -0.1) is 13.2 Å². The number of esters is 1. The number of pyridine rings is 1. The predicted molar refractivity (Wildman–Crippen MR) is 119 cm³/mol. The van der Waals surface area contributed by atoms with Crippen LogP contribution in [-0.4, -0.2) is 37.6 Å². The topological polar surface area (TPSA) is 78.9 Å². The molecule has 0 unspecified atom stereocenters. The largest absolute Gasteiger partial charge is 0.573 e. The summed E-state index contributed by atoms with van der Waals surface area (Å²) in [6.45, 7) is 2.03. The quantitative estimate of drug-likeness (QED) is 0.403. The zero-order valence-electron chi connectivity index (χ0n) is 18.5. The number of hydrogen-bond acceptors (Lipinski definition) is 7. The van der Waals surface area contributed by atoms with Gasteiger partial charge in [0.25, 0.3) is 0 Å². The van der Waals surface area contributed by atoms with Crippen LogP contribution in [-0.2, 0) is 16.1 Å². The summed E-state index contributed by atoms with van der Waals surface area (Å²) in [5.41, 5.74) is 2.23. The molecule has 3 rings (SSSR count). The number of nitrogens with one attached hydrogen (secondary N) is 1. The number of nitrogens with zero attached hydrogens (tertiary/aromatic N) is 1. The van der Waals surface area contributed by atoms with E-state index < -0.39 is 12.3 Å². The summed E-state index contributed by atoms with van der Waals surface area (Å²) in [5, 5.41) is 3.06. The zero-order valence-corrected chi connectivity index (χ0v) is 18.5. The highest BCUT2D eigenvalue weighted by Gasteiger charge is 2.31. The molecule has 3 aromatic rings. The summed E-state index contributed by atoms with van der Waals surface area (Å²) in [5.74, 6) is 0.652. The van der Waals surface area contributed by atoms with Crippen molar-refractivity contribution in [3.63, 3.8) is 0 Å². The van der Waals surface area contributed by atoms with E-state index in [4.69, 9.17) is 14.2 Å². The van der Waals surface area contributed by atoms with Crippen molar-refractivity contribution < 1.29 is 36.9 Å². The molecule has 1 N–H and O–H groups in total. The molecule has 0 fully saturated rings. The minimum absolute atomic E-state index is 0.225. The number of ether oxygens (including phenoxy) is 4. The normalized spacial score (nSPS) is 11.0. The molecular weight excluding hydrogens is 453 g/mol. The van der Waals surface area contributed by atoms with Crippen molar-refractivity contribution in [3.8, 4) is 28.4 Å². The first-order valence-corrected chi connectivity index (χ1v) is 10.3. The lowest BCUT2D eigenvalue weighted by atomic mass is 10.1. The third-order valence-corrected chi connectivity index (χ3v) is 4.52. The molecule has 0 saturated carbocycles. The van der Waals surface area contributed by atoms with Gasteiger partial charge in [-0.2, -0.15) is 0 Å². The monoisotopic (exact) mass is 476 g/mol. The SMILES string of the molecule is CCOC(=O)COc1ccc(-c2ccc(NCc3cccc(OC(F)(F)F)c3)nc2)cc1OC. The van der Waals surface area contributed by atoms with E-state index in [9.17, 15) is 18.0 Å². The average Bonchev–Trinajstić information content (AvgIpc) is 2.81. The molecule has 1 aromatic heterocycles. The van der Waals surface area contributed by atoms with Crippen LogP contribution in [0.25, 0.3) is 11.1 Å². The highest BCUT2D eigenvalue weighted by atomic mass is 19.4. The van der Waals surface area contributed by atoms with Crippen molar-refractivity contribution >= 4 is 11.8 Å². The Hall–Kier alpha value is -3.95. The summed E-state index contributed by atoms with van der Waals surface area (Å²) in [7, 11) is 1.50. The Morgan fingerprint density at radius 2 is 1.82 bits per heavy atom. The first-order chi connectivity index (χ1) is 16.3. The van der Waals surface area contributed by atoms with Crippen molar-refractivity contribution in [1.82, 2.24) is 4.98 Å². The number of hydrogen-bond donors (Lipinski definition) is 1. The summed E-state index contributed by atoms with van der Waals surface area (Å²) in [4.78, 5) is 15.9. The van der Waals surface area contributed by atoms with Gasteiger partial charge in [0.05, 0.1) is 13.7 Å². The summed E-state index contributed by atoms with van der Waals surface area (Å²) in [6, 6.07) is 14.6. The first kappa shape index (κ1) is 24.7. The molecule has 0 aliphatic rings. The number of carbonyl (C=O) groups excluding carboxylic acids is 1.